The fourth-order valence-electron chi connectivity index (χ4n) is 1.05. The predicted molar refractivity (Wildman–Crippen MR) is 65.9 cm³/mol. The topological polar surface area (TPSA) is 17.1 Å². The Balaban J connectivity index is 2.75. The van der Waals surface area contributed by atoms with E-state index in [0.717, 1.165) is 10.9 Å². The number of carbonyl (C=O) groups is 1. The average molecular weight is 353 g/mol. The lowest BCUT2D eigenvalue weighted by molar-refractivity contribution is -0.116. The molecule has 1 rings (SSSR count). The largest absolute Gasteiger partial charge is 0.300 e. The van der Waals surface area contributed by atoms with Crippen LogP contribution in [0.5, 0.6) is 0 Å². The standard InChI is InChI=1S/C10H10BrIO/c1-7(13)2-3-8-6-9(12)4-5-10(8)11/h4-6H,2-3H2,1H3. The SMILES string of the molecule is CC(=O)CCc1cc(I)ccc1Br. The minimum absolute atomic E-state index is 0.241. The van der Waals surface area contributed by atoms with Crippen LogP contribution < -0.4 is 0 Å². The van der Waals surface area contributed by atoms with Crippen LogP contribution in [0.25, 0.3) is 0 Å². The number of hydrogen-bond donors (Lipinski definition) is 0. The summed E-state index contributed by atoms with van der Waals surface area (Å²) in [7, 11) is 0. The highest BCUT2D eigenvalue weighted by molar-refractivity contribution is 14.1. The molecule has 13 heavy (non-hydrogen) atoms. The first-order chi connectivity index (χ1) is 6.09. The Labute approximate surface area is 100 Å². The van der Waals surface area contributed by atoms with Gasteiger partial charge in [0.25, 0.3) is 0 Å². The van der Waals surface area contributed by atoms with Gasteiger partial charge >= 0.3 is 0 Å². The Morgan fingerprint density at radius 2 is 2.23 bits per heavy atom. The zero-order chi connectivity index (χ0) is 9.84. The summed E-state index contributed by atoms with van der Waals surface area (Å²) in [6.07, 6.45) is 1.45. The second kappa shape index (κ2) is 5.10. The molecule has 0 spiro atoms. The fourth-order valence-corrected chi connectivity index (χ4v) is 2.05. The lowest BCUT2D eigenvalue weighted by Gasteiger charge is -2.03. The molecule has 70 valence electrons. The minimum Gasteiger partial charge on any atom is -0.300 e. The molecule has 0 heterocycles. The van der Waals surface area contributed by atoms with Gasteiger partial charge in [-0.15, -0.1) is 0 Å². The summed E-state index contributed by atoms with van der Waals surface area (Å²) < 4.78 is 2.30. The Morgan fingerprint density at radius 1 is 1.54 bits per heavy atom. The zero-order valence-corrected chi connectivity index (χ0v) is 11.1. The quantitative estimate of drug-likeness (QED) is 0.760. The molecular formula is C10H10BrIO. The van der Waals surface area contributed by atoms with Crippen LogP contribution in [0, 0.1) is 3.57 Å². The van der Waals surface area contributed by atoms with Crippen molar-refractivity contribution in [3.8, 4) is 0 Å². The molecular weight excluding hydrogens is 343 g/mol. The second-order valence-electron chi connectivity index (χ2n) is 2.94. The monoisotopic (exact) mass is 352 g/mol. The molecule has 0 aliphatic rings. The van der Waals surface area contributed by atoms with Gasteiger partial charge in [0.15, 0.2) is 0 Å². The Kier molecular flexibility index (Phi) is 4.38. The van der Waals surface area contributed by atoms with Crippen molar-refractivity contribution in [2.75, 3.05) is 0 Å². The van der Waals surface area contributed by atoms with Gasteiger partial charge in [-0.2, -0.15) is 0 Å². The van der Waals surface area contributed by atoms with Crippen molar-refractivity contribution in [1.82, 2.24) is 0 Å². The van der Waals surface area contributed by atoms with E-state index in [0.29, 0.717) is 6.42 Å². The van der Waals surface area contributed by atoms with Crippen LogP contribution in [-0.2, 0) is 11.2 Å². The molecule has 0 atom stereocenters. The van der Waals surface area contributed by atoms with E-state index in [9.17, 15) is 4.79 Å². The van der Waals surface area contributed by atoms with Gasteiger partial charge in [-0.25, -0.2) is 0 Å². The first-order valence-corrected chi connectivity index (χ1v) is 5.90. The third-order valence-corrected chi connectivity index (χ3v) is 3.20. The van der Waals surface area contributed by atoms with Crippen molar-refractivity contribution < 1.29 is 4.79 Å². The Hall–Kier alpha value is 0.1000. The van der Waals surface area contributed by atoms with Gasteiger partial charge in [0.2, 0.25) is 0 Å². The molecule has 1 aromatic rings. The third-order valence-electron chi connectivity index (χ3n) is 1.75. The van der Waals surface area contributed by atoms with Crippen molar-refractivity contribution in [3.05, 3.63) is 31.8 Å². The predicted octanol–water partition coefficient (Wildman–Crippen LogP) is 3.58. The molecule has 0 bridgehead atoms. The number of Topliss-reactive ketones (excluding diaryl/α,β-unsaturated/α-hetero) is 1. The molecule has 0 amide bonds. The van der Waals surface area contributed by atoms with E-state index in [1.807, 2.05) is 12.1 Å². The van der Waals surface area contributed by atoms with Gasteiger partial charge in [-0.1, -0.05) is 15.9 Å². The van der Waals surface area contributed by atoms with Gasteiger partial charge in [-0.3, -0.25) is 0 Å². The van der Waals surface area contributed by atoms with Gasteiger partial charge in [0.05, 0.1) is 0 Å². The molecule has 0 saturated heterocycles. The number of halogens is 2. The van der Waals surface area contributed by atoms with Crippen molar-refractivity contribution in [1.29, 1.82) is 0 Å². The summed E-state index contributed by atoms with van der Waals surface area (Å²) in [5.41, 5.74) is 1.21. The molecule has 1 nitrogen and oxygen atoms in total. The van der Waals surface area contributed by atoms with Gasteiger partial charge in [0, 0.05) is 14.5 Å². The summed E-state index contributed by atoms with van der Waals surface area (Å²) in [4.78, 5) is 10.8. The van der Waals surface area contributed by atoms with Gasteiger partial charge in [0.1, 0.15) is 5.78 Å². The van der Waals surface area contributed by atoms with Crippen LogP contribution in [0.4, 0.5) is 0 Å². The van der Waals surface area contributed by atoms with Gasteiger partial charge < -0.3 is 4.79 Å². The smallest absolute Gasteiger partial charge is 0.130 e. The molecule has 0 aromatic heterocycles. The zero-order valence-electron chi connectivity index (χ0n) is 7.31. The normalized spacial score (nSPS) is 10.1. The molecule has 0 unspecified atom stereocenters. The summed E-state index contributed by atoms with van der Waals surface area (Å²) in [5.74, 6) is 0.241. The molecule has 0 N–H and O–H groups in total. The molecule has 0 aliphatic heterocycles. The maximum absolute atomic E-state index is 10.8. The maximum atomic E-state index is 10.8. The summed E-state index contributed by atoms with van der Waals surface area (Å²) in [5, 5.41) is 0. The van der Waals surface area contributed by atoms with E-state index >= 15 is 0 Å². The van der Waals surface area contributed by atoms with Crippen molar-refractivity contribution in [2.24, 2.45) is 0 Å². The van der Waals surface area contributed by atoms with Crippen LogP contribution in [0.3, 0.4) is 0 Å². The van der Waals surface area contributed by atoms with E-state index < -0.39 is 0 Å². The molecule has 0 saturated carbocycles. The van der Waals surface area contributed by atoms with Crippen molar-refractivity contribution in [2.45, 2.75) is 19.8 Å². The Morgan fingerprint density at radius 3 is 2.85 bits per heavy atom. The maximum Gasteiger partial charge on any atom is 0.130 e. The number of benzene rings is 1. The summed E-state index contributed by atoms with van der Waals surface area (Å²) >= 11 is 5.74. The molecule has 0 aliphatic carbocycles. The van der Waals surface area contributed by atoms with E-state index in [2.05, 4.69) is 44.6 Å². The average Bonchev–Trinajstić information content (AvgIpc) is 2.06. The van der Waals surface area contributed by atoms with Crippen LogP contribution in [-0.4, -0.2) is 5.78 Å². The lowest BCUT2D eigenvalue weighted by Crippen LogP contribution is -1.95. The Bertz CT molecular complexity index is 323. The highest BCUT2D eigenvalue weighted by Crippen LogP contribution is 2.20. The van der Waals surface area contributed by atoms with Crippen molar-refractivity contribution >= 4 is 44.3 Å². The summed E-state index contributed by atoms with van der Waals surface area (Å²) in [6.45, 7) is 1.63. The van der Waals surface area contributed by atoms with Crippen molar-refractivity contribution in [3.63, 3.8) is 0 Å². The molecule has 1 aromatic carbocycles. The number of ketones is 1. The first-order valence-electron chi connectivity index (χ1n) is 4.03. The highest BCUT2D eigenvalue weighted by atomic mass is 127. The van der Waals surface area contributed by atoms with E-state index in [1.54, 1.807) is 6.92 Å². The summed E-state index contributed by atoms with van der Waals surface area (Å²) in [6, 6.07) is 6.17. The number of hydrogen-bond acceptors (Lipinski definition) is 1. The molecule has 0 fully saturated rings. The first kappa shape index (κ1) is 11.2. The second-order valence-corrected chi connectivity index (χ2v) is 5.04. The third kappa shape index (κ3) is 3.77. The van der Waals surface area contributed by atoms with E-state index in [-0.39, 0.29) is 5.78 Å². The highest BCUT2D eigenvalue weighted by Gasteiger charge is 2.02. The molecule has 0 radical (unpaired) electrons. The van der Waals surface area contributed by atoms with E-state index in [1.165, 1.54) is 9.13 Å². The minimum atomic E-state index is 0.241. The lowest BCUT2D eigenvalue weighted by atomic mass is 10.1. The van der Waals surface area contributed by atoms with E-state index in [4.69, 9.17) is 0 Å². The number of carbonyl (C=O) groups excluding carboxylic acids is 1. The van der Waals surface area contributed by atoms with Crippen LogP contribution in [0.15, 0.2) is 22.7 Å². The fraction of sp³-hybridized carbons (Fsp3) is 0.300. The number of aryl methyl sites for hydroxylation is 1. The number of rotatable bonds is 3. The molecule has 3 heteroatoms. The van der Waals surface area contributed by atoms with Gasteiger partial charge in [-0.05, 0) is 59.7 Å². The van der Waals surface area contributed by atoms with Crippen LogP contribution >= 0.6 is 38.5 Å². The van der Waals surface area contributed by atoms with Crippen LogP contribution in [0.1, 0.15) is 18.9 Å². The van der Waals surface area contributed by atoms with Crippen LogP contribution in [0.2, 0.25) is 0 Å².